The third kappa shape index (κ3) is 7.11. The van der Waals surface area contributed by atoms with Gasteiger partial charge in [-0.15, -0.1) is 0 Å². The average Bonchev–Trinajstić information content (AvgIpc) is 3.68. The fourth-order valence-corrected chi connectivity index (χ4v) is 3.89. The van der Waals surface area contributed by atoms with Crippen molar-refractivity contribution in [3.63, 3.8) is 0 Å². The molecule has 4 rings (SSSR count). The maximum atomic E-state index is 11.7. The van der Waals surface area contributed by atoms with Crippen molar-refractivity contribution in [3.05, 3.63) is 71.8 Å². The molecule has 33 heavy (non-hydrogen) atoms. The van der Waals surface area contributed by atoms with Gasteiger partial charge in [-0.2, -0.15) is 0 Å². The summed E-state index contributed by atoms with van der Waals surface area (Å²) in [5.74, 6) is 1.65. The molecule has 0 spiro atoms. The Labute approximate surface area is 196 Å². The second-order valence-corrected chi connectivity index (χ2v) is 8.55. The maximum absolute atomic E-state index is 11.7. The molecule has 1 aliphatic heterocycles. The number of nitrogens with zero attached hydrogens (tertiary/aromatic N) is 2. The number of nitrogens with one attached hydrogen (secondary N) is 2. The summed E-state index contributed by atoms with van der Waals surface area (Å²) in [5, 5.41) is 6.37. The third-order valence-electron chi connectivity index (χ3n) is 5.89. The lowest BCUT2D eigenvalue weighted by Gasteiger charge is -2.30. The fraction of sp³-hybridized carbons (Fsp3) is 0.407. The van der Waals surface area contributed by atoms with Crippen LogP contribution >= 0.6 is 0 Å². The van der Waals surface area contributed by atoms with E-state index in [1.165, 1.54) is 16.7 Å². The SMILES string of the molecule is CCNC(=NCCc1ccc(OCC(=O)NC2CC2)cc1)N1CC=C(c2ccccc2)CC1. The highest BCUT2D eigenvalue weighted by Crippen LogP contribution is 2.22. The number of benzene rings is 2. The number of ether oxygens (including phenoxy) is 1. The minimum atomic E-state index is -0.0460. The Balaban J connectivity index is 1.25. The van der Waals surface area contributed by atoms with Gasteiger partial charge in [0.2, 0.25) is 0 Å². The van der Waals surface area contributed by atoms with Crippen LogP contribution in [0.2, 0.25) is 0 Å². The molecule has 6 nitrogen and oxygen atoms in total. The number of guanidine groups is 1. The molecule has 1 aliphatic carbocycles. The number of aliphatic imine (C=N–C) groups is 1. The first-order chi connectivity index (χ1) is 16.2. The highest BCUT2D eigenvalue weighted by Gasteiger charge is 2.23. The molecule has 1 saturated carbocycles. The molecule has 0 atom stereocenters. The van der Waals surface area contributed by atoms with E-state index in [1.807, 2.05) is 24.3 Å². The number of carbonyl (C=O) groups is 1. The van der Waals surface area contributed by atoms with Crippen LogP contribution in [0.5, 0.6) is 5.75 Å². The molecular weight excluding hydrogens is 412 g/mol. The number of hydrogen-bond donors (Lipinski definition) is 2. The normalized spacial score (nSPS) is 16.2. The van der Waals surface area contributed by atoms with Gasteiger partial charge in [-0.05, 0) is 61.4 Å². The molecule has 0 radical (unpaired) electrons. The van der Waals surface area contributed by atoms with Crippen LogP contribution in [0.25, 0.3) is 5.57 Å². The predicted octanol–water partition coefficient (Wildman–Crippen LogP) is 3.64. The summed E-state index contributed by atoms with van der Waals surface area (Å²) in [7, 11) is 0. The molecule has 0 saturated heterocycles. The lowest BCUT2D eigenvalue weighted by Crippen LogP contribution is -2.43. The Morgan fingerprint density at radius 3 is 2.58 bits per heavy atom. The number of rotatable bonds is 9. The standard InChI is InChI=1S/C27H34N4O2/c1-2-28-27(31-18-15-23(16-19-31)22-6-4-3-5-7-22)29-17-14-21-8-12-25(13-9-21)33-20-26(32)30-24-10-11-24/h3-9,12-13,15,24H,2,10-11,14,16-20H2,1H3,(H,28,29)(H,30,32). The van der Waals surface area contributed by atoms with Crippen molar-refractivity contribution in [1.29, 1.82) is 0 Å². The zero-order chi connectivity index (χ0) is 22.9. The van der Waals surface area contributed by atoms with Crippen molar-refractivity contribution in [3.8, 4) is 5.75 Å². The largest absolute Gasteiger partial charge is 0.484 e. The number of amides is 1. The van der Waals surface area contributed by atoms with E-state index in [4.69, 9.17) is 9.73 Å². The van der Waals surface area contributed by atoms with Gasteiger partial charge in [0.25, 0.3) is 5.91 Å². The quantitative estimate of drug-likeness (QED) is 0.456. The summed E-state index contributed by atoms with van der Waals surface area (Å²) in [6.45, 7) is 5.59. The van der Waals surface area contributed by atoms with Crippen molar-refractivity contribution in [2.45, 2.75) is 38.6 Å². The molecule has 0 bridgehead atoms. The van der Waals surface area contributed by atoms with Crippen molar-refractivity contribution in [2.24, 2.45) is 4.99 Å². The topological polar surface area (TPSA) is 66.0 Å². The van der Waals surface area contributed by atoms with Crippen LogP contribution in [0.15, 0.2) is 65.7 Å². The summed E-state index contributed by atoms with van der Waals surface area (Å²) in [6.07, 6.45) is 6.36. The van der Waals surface area contributed by atoms with E-state index in [0.717, 1.165) is 63.6 Å². The molecule has 2 aromatic carbocycles. The highest BCUT2D eigenvalue weighted by atomic mass is 16.5. The second kappa shape index (κ2) is 11.5. The molecule has 0 aromatic heterocycles. The van der Waals surface area contributed by atoms with Gasteiger partial charge in [0.15, 0.2) is 12.6 Å². The van der Waals surface area contributed by atoms with Crippen LogP contribution in [0.3, 0.4) is 0 Å². The van der Waals surface area contributed by atoms with Gasteiger partial charge >= 0.3 is 0 Å². The fourth-order valence-electron chi connectivity index (χ4n) is 3.89. The summed E-state index contributed by atoms with van der Waals surface area (Å²) in [6, 6.07) is 18.9. The molecule has 1 fully saturated rings. The Hall–Kier alpha value is -3.28. The minimum absolute atomic E-state index is 0.0460. The van der Waals surface area contributed by atoms with Crippen LogP contribution in [0.4, 0.5) is 0 Å². The van der Waals surface area contributed by atoms with E-state index in [-0.39, 0.29) is 12.5 Å². The predicted molar refractivity (Wildman–Crippen MR) is 133 cm³/mol. The van der Waals surface area contributed by atoms with E-state index in [9.17, 15) is 4.79 Å². The van der Waals surface area contributed by atoms with E-state index in [0.29, 0.717) is 6.04 Å². The first-order valence-electron chi connectivity index (χ1n) is 12.0. The second-order valence-electron chi connectivity index (χ2n) is 8.55. The van der Waals surface area contributed by atoms with E-state index < -0.39 is 0 Å². The number of hydrogen-bond acceptors (Lipinski definition) is 3. The minimum Gasteiger partial charge on any atom is -0.484 e. The Morgan fingerprint density at radius 1 is 1.12 bits per heavy atom. The zero-order valence-corrected chi connectivity index (χ0v) is 19.4. The van der Waals surface area contributed by atoms with Crippen LogP contribution in [-0.2, 0) is 11.2 Å². The van der Waals surface area contributed by atoms with Crippen molar-refractivity contribution >= 4 is 17.4 Å². The lowest BCUT2D eigenvalue weighted by molar-refractivity contribution is -0.123. The number of carbonyl (C=O) groups excluding carboxylic acids is 1. The zero-order valence-electron chi connectivity index (χ0n) is 19.4. The molecule has 2 aliphatic rings. The van der Waals surface area contributed by atoms with Gasteiger partial charge < -0.3 is 20.3 Å². The molecule has 1 amide bonds. The summed E-state index contributed by atoms with van der Waals surface area (Å²) in [4.78, 5) is 18.9. The first kappa shape index (κ1) is 22.9. The van der Waals surface area contributed by atoms with Crippen LogP contribution in [-0.4, -0.2) is 55.6 Å². The molecule has 174 valence electrons. The summed E-state index contributed by atoms with van der Waals surface area (Å²) < 4.78 is 5.58. The summed E-state index contributed by atoms with van der Waals surface area (Å²) >= 11 is 0. The van der Waals surface area contributed by atoms with Gasteiger partial charge in [0.1, 0.15) is 5.75 Å². The smallest absolute Gasteiger partial charge is 0.258 e. The lowest BCUT2D eigenvalue weighted by atomic mass is 10.00. The van der Waals surface area contributed by atoms with Crippen molar-refractivity contribution < 1.29 is 9.53 Å². The third-order valence-corrected chi connectivity index (χ3v) is 5.89. The van der Waals surface area contributed by atoms with E-state index in [1.54, 1.807) is 0 Å². The Morgan fingerprint density at radius 2 is 1.91 bits per heavy atom. The highest BCUT2D eigenvalue weighted by molar-refractivity contribution is 5.81. The molecule has 2 N–H and O–H groups in total. The van der Waals surface area contributed by atoms with Gasteiger partial charge in [-0.1, -0.05) is 48.5 Å². The molecular formula is C27H34N4O2. The van der Waals surface area contributed by atoms with Gasteiger partial charge in [-0.3, -0.25) is 9.79 Å². The maximum Gasteiger partial charge on any atom is 0.258 e. The van der Waals surface area contributed by atoms with Crippen molar-refractivity contribution in [1.82, 2.24) is 15.5 Å². The van der Waals surface area contributed by atoms with Gasteiger partial charge in [-0.25, -0.2) is 0 Å². The molecule has 0 unspecified atom stereocenters. The molecule has 6 heteroatoms. The summed E-state index contributed by atoms with van der Waals surface area (Å²) in [5.41, 5.74) is 3.93. The molecule has 2 aromatic rings. The monoisotopic (exact) mass is 446 g/mol. The van der Waals surface area contributed by atoms with Gasteiger partial charge in [0, 0.05) is 32.2 Å². The van der Waals surface area contributed by atoms with Crippen LogP contribution in [0, 0.1) is 0 Å². The Kier molecular flexibility index (Phi) is 8.01. The first-order valence-corrected chi connectivity index (χ1v) is 12.0. The van der Waals surface area contributed by atoms with Crippen LogP contribution in [0.1, 0.15) is 37.3 Å². The van der Waals surface area contributed by atoms with Crippen LogP contribution < -0.4 is 15.4 Å². The van der Waals surface area contributed by atoms with Crippen molar-refractivity contribution in [2.75, 3.05) is 32.8 Å². The van der Waals surface area contributed by atoms with E-state index in [2.05, 4.69) is 58.9 Å². The van der Waals surface area contributed by atoms with Gasteiger partial charge in [0.05, 0.1) is 0 Å². The average molecular weight is 447 g/mol. The molecule has 1 heterocycles. The van der Waals surface area contributed by atoms with E-state index >= 15 is 0 Å². The Bertz CT molecular complexity index is 965.